The van der Waals surface area contributed by atoms with Gasteiger partial charge in [-0.05, 0) is 107 Å². The number of carboxylic acid groups (broad SMARTS) is 2. The molecule has 0 heterocycles. The summed E-state index contributed by atoms with van der Waals surface area (Å²) < 4.78 is 0. The summed E-state index contributed by atoms with van der Waals surface area (Å²) in [6.45, 7) is 0. The second-order valence-corrected chi connectivity index (χ2v) is 12.5. The van der Waals surface area contributed by atoms with Crippen molar-refractivity contribution in [2.24, 2.45) is 0 Å². The lowest BCUT2D eigenvalue weighted by Crippen LogP contribution is -2.09. The summed E-state index contributed by atoms with van der Waals surface area (Å²) in [5.74, 6) is -2.30. The quantitative estimate of drug-likeness (QED) is 0.123. The fourth-order valence-corrected chi connectivity index (χ4v) is 6.32. The molecule has 0 radical (unpaired) electrons. The first kappa shape index (κ1) is 35.0. The number of carboxylic acids is 2. The second kappa shape index (κ2) is 16.3. The number of hydrogen-bond acceptors (Lipinski definition) is 4. The van der Waals surface area contributed by atoms with Gasteiger partial charge in [-0.3, -0.25) is 0 Å². The van der Waals surface area contributed by atoms with E-state index in [2.05, 4.69) is 58.3 Å². The van der Waals surface area contributed by atoms with Crippen LogP contribution in [0.4, 0.5) is 34.1 Å². The smallest absolute Gasteiger partial charge is 0.336 e. The van der Waals surface area contributed by atoms with Crippen LogP contribution in [-0.2, 0) is 0 Å². The SMILES string of the molecule is O=C(O)c1cc(/C=C/c2ccc(N(c3ccccc3)c3ccccc3)cc2)c(C(=O)O)cc1/C=C/c1ccc(N(c2ccccc2)c2ccccc2)cc1. The molecule has 2 N–H and O–H groups in total. The van der Waals surface area contributed by atoms with Gasteiger partial charge in [0.2, 0.25) is 0 Å². The van der Waals surface area contributed by atoms with Gasteiger partial charge in [-0.2, -0.15) is 0 Å². The highest BCUT2D eigenvalue weighted by Gasteiger charge is 2.17. The minimum atomic E-state index is -1.15. The van der Waals surface area contributed by atoms with E-state index in [0.29, 0.717) is 11.1 Å². The van der Waals surface area contributed by atoms with Crippen LogP contribution in [0.2, 0.25) is 0 Å². The molecule has 0 unspecified atom stereocenters. The van der Waals surface area contributed by atoms with Gasteiger partial charge in [0.05, 0.1) is 11.1 Å². The molecule has 0 fully saturated rings. The molecule has 0 spiro atoms. The van der Waals surface area contributed by atoms with Crippen molar-refractivity contribution in [3.05, 3.63) is 215 Å². The molecular formula is C48H36N2O4. The van der Waals surface area contributed by atoms with Crippen LogP contribution in [0.3, 0.4) is 0 Å². The largest absolute Gasteiger partial charge is 0.478 e. The van der Waals surface area contributed by atoms with E-state index < -0.39 is 11.9 Å². The topological polar surface area (TPSA) is 81.1 Å². The summed E-state index contributed by atoms with van der Waals surface area (Å²) in [5.41, 5.74) is 8.24. The van der Waals surface area contributed by atoms with Crippen LogP contribution in [0.1, 0.15) is 43.0 Å². The summed E-state index contributed by atoms with van der Waals surface area (Å²) in [4.78, 5) is 29.2. The lowest BCUT2D eigenvalue weighted by Gasteiger charge is -2.25. The Bertz CT molecular complexity index is 2160. The molecular weight excluding hydrogens is 669 g/mol. The number of rotatable bonds is 12. The summed E-state index contributed by atoms with van der Waals surface area (Å²) >= 11 is 0. The van der Waals surface area contributed by atoms with Gasteiger partial charge in [0, 0.05) is 34.1 Å². The molecule has 262 valence electrons. The van der Waals surface area contributed by atoms with Crippen LogP contribution < -0.4 is 9.80 Å². The summed E-state index contributed by atoms with van der Waals surface area (Å²) in [7, 11) is 0. The lowest BCUT2D eigenvalue weighted by atomic mass is 9.96. The average Bonchev–Trinajstić information content (AvgIpc) is 3.22. The Labute approximate surface area is 314 Å². The number of hydrogen-bond donors (Lipinski definition) is 2. The molecule has 0 amide bonds. The zero-order valence-electron chi connectivity index (χ0n) is 29.2. The average molecular weight is 705 g/mol. The first-order valence-corrected chi connectivity index (χ1v) is 17.5. The van der Waals surface area contributed by atoms with E-state index in [1.807, 2.05) is 121 Å². The fraction of sp³-hybridized carbons (Fsp3) is 0. The highest BCUT2D eigenvalue weighted by Crippen LogP contribution is 2.36. The predicted molar refractivity (Wildman–Crippen MR) is 220 cm³/mol. The number of benzene rings is 7. The van der Waals surface area contributed by atoms with Gasteiger partial charge in [-0.1, -0.05) is 121 Å². The van der Waals surface area contributed by atoms with Gasteiger partial charge in [-0.15, -0.1) is 0 Å². The Morgan fingerprint density at radius 1 is 0.352 bits per heavy atom. The van der Waals surface area contributed by atoms with Crippen LogP contribution in [0.5, 0.6) is 0 Å². The monoisotopic (exact) mass is 704 g/mol. The van der Waals surface area contributed by atoms with E-state index in [-0.39, 0.29) is 11.1 Å². The Morgan fingerprint density at radius 2 is 0.611 bits per heavy atom. The molecule has 7 rings (SSSR count). The third-order valence-corrected chi connectivity index (χ3v) is 8.95. The molecule has 0 aliphatic rings. The van der Waals surface area contributed by atoms with E-state index in [4.69, 9.17) is 0 Å². The number of nitrogens with zero attached hydrogens (tertiary/aromatic N) is 2. The molecule has 0 saturated heterocycles. The predicted octanol–water partition coefficient (Wildman–Crippen LogP) is 12.4. The maximum Gasteiger partial charge on any atom is 0.336 e. The van der Waals surface area contributed by atoms with Crippen molar-refractivity contribution in [2.75, 3.05) is 9.80 Å². The van der Waals surface area contributed by atoms with Gasteiger partial charge in [0.25, 0.3) is 0 Å². The third-order valence-electron chi connectivity index (χ3n) is 8.95. The Kier molecular flexibility index (Phi) is 10.5. The first-order chi connectivity index (χ1) is 26.4. The van der Waals surface area contributed by atoms with Crippen molar-refractivity contribution >= 4 is 70.4 Å². The van der Waals surface area contributed by atoms with Gasteiger partial charge >= 0.3 is 11.9 Å². The van der Waals surface area contributed by atoms with Crippen LogP contribution >= 0.6 is 0 Å². The van der Waals surface area contributed by atoms with Crippen molar-refractivity contribution in [3.63, 3.8) is 0 Å². The van der Waals surface area contributed by atoms with Crippen LogP contribution in [0, 0.1) is 0 Å². The molecule has 0 aliphatic heterocycles. The van der Waals surface area contributed by atoms with Crippen molar-refractivity contribution < 1.29 is 19.8 Å². The number of carbonyl (C=O) groups is 2. The normalized spacial score (nSPS) is 11.1. The minimum absolute atomic E-state index is 0.00330. The number of anilines is 6. The molecule has 0 atom stereocenters. The third kappa shape index (κ3) is 8.04. The highest BCUT2D eigenvalue weighted by molar-refractivity contribution is 6.00. The molecule has 54 heavy (non-hydrogen) atoms. The van der Waals surface area contributed by atoms with Gasteiger partial charge in [0.15, 0.2) is 0 Å². The molecule has 7 aromatic carbocycles. The van der Waals surface area contributed by atoms with Crippen LogP contribution in [-0.4, -0.2) is 22.2 Å². The minimum Gasteiger partial charge on any atom is -0.478 e. The van der Waals surface area contributed by atoms with Gasteiger partial charge < -0.3 is 20.0 Å². The van der Waals surface area contributed by atoms with Crippen molar-refractivity contribution in [2.45, 2.75) is 0 Å². The maximum absolute atomic E-state index is 12.4. The van der Waals surface area contributed by atoms with Crippen LogP contribution in [0.15, 0.2) is 182 Å². The summed E-state index contributed by atoms with van der Waals surface area (Å²) in [6, 6.07) is 59.0. The molecule has 0 saturated carbocycles. The Morgan fingerprint density at radius 3 is 0.870 bits per heavy atom. The Hall–Kier alpha value is -7.44. The zero-order valence-corrected chi connectivity index (χ0v) is 29.2. The number of aromatic carboxylic acids is 2. The molecule has 6 heteroatoms. The molecule has 0 bridgehead atoms. The highest BCUT2D eigenvalue weighted by atomic mass is 16.4. The van der Waals surface area contributed by atoms with Crippen molar-refractivity contribution in [3.8, 4) is 0 Å². The van der Waals surface area contributed by atoms with Crippen molar-refractivity contribution in [1.82, 2.24) is 0 Å². The van der Waals surface area contributed by atoms with Gasteiger partial charge in [0.1, 0.15) is 0 Å². The fourth-order valence-electron chi connectivity index (χ4n) is 6.32. The summed E-state index contributed by atoms with van der Waals surface area (Å²) in [6.07, 6.45) is 6.87. The zero-order chi connectivity index (χ0) is 37.3. The molecule has 0 aromatic heterocycles. The number of para-hydroxylation sites is 4. The van der Waals surface area contributed by atoms with E-state index in [1.165, 1.54) is 12.1 Å². The van der Waals surface area contributed by atoms with E-state index in [9.17, 15) is 19.8 Å². The van der Waals surface area contributed by atoms with E-state index in [0.717, 1.165) is 45.3 Å². The Balaban J connectivity index is 1.14. The van der Waals surface area contributed by atoms with Gasteiger partial charge in [-0.25, -0.2) is 9.59 Å². The molecule has 7 aromatic rings. The maximum atomic E-state index is 12.4. The van der Waals surface area contributed by atoms with E-state index >= 15 is 0 Å². The van der Waals surface area contributed by atoms with E-state index in [1.54, 1.807) is 24.3 Å². The summed E-state index contributed by atoms with van der Waals surface area (Å²) in [5, 5.41) is 20.3. The lowest BCUT2D eigenvalue weighted by molar-refractivity contribution is 0.0680. The van der Waals surface area contributed by atoms with Crippen molar-refractivity contribution in [1.29, 1.82) is 0 Å². The molecule has 6 nitrogen and oxygen atoms in total. The van der Waals surface area contributed by atoms with Crippen LogP contribution in [0.25, 0.3) is 24.3 Å². The molecule has 0 aliphatic carbocycles. The standard InChI is InChI=1S/C48H36N2O4/c51-47(52)45-34-38(28-22-36-25-31-44(32-26-36)50(41-17-9-3-10-18-41)42-19-11-4-12-20-42)46(48(53)54)33-37(45)27-21-35-23-29-43(30-24-35)49(39-13-5-1-6-14-39)40-15-7-2-8-16-40/h1-34H,(H,51,52)(H,53,54)/b27-21+,28-22+. The first-order valence-electron chi connectivity index (χ1n) is 17.5. The second-order valence-electron chi connectivity index (χ2n) is 12.5.